The summed E-state index contributed by atoms with van der Waals surface area (Å²) >= 11 is 0. The third-order valence-electron chi connectivity index (χ3n) is 6.91. The summed E-state index contributed by atoms with van der Waals surface area (Å²) in [7, 11) is 0. The maximum atomic E-state index is 12.8. The summed E-state index contributed by atoms with van der Waals surface area (Å²) in [4.78, 5) is 47.9. The number of hydrogen-bond acceptors (Lipinski definition) is 6. The molecule has 4 rings (SSSR count). The van der Waals surface area contributed by atoms with Crippen molar-refractivity contribution in [1.29, 1.82) is 0 Å². The zero-order valence-corrected chi connectivity index (χ0v) is 19.1. The highest BCUT2D eigenvalue weighted by Gasteiger charge is 2.28. The van der Waals surface area contributed by atoms with E-state index in [1.54, 1.807) is 17.9 Å². The molecular weight excluding hydrogens is 410 g/mol. The zero-order chi connectivity index (χ0) is 22.5. The van der Waals surface area contributed by atoms with E-state index in [9.17, 15) is 14.4 Å². The Bertz CT molecular complexity index is 870. The van der Waals surface area contributed by atoms with Crippen LogP contribution in [-0.2, 0) is 22.5 Å². The van der Waals surface area contributed by atoms with E-state index in [0.717, 1.165) is 56.6 Å². The van der Waals surface area contributed by atoms with Crippen molar-refractivity contribution in [3.05, 3.63) is 27.9 Å². The second-order valence-corrected chi connectivity index (χ2v) is 9.01. The van der Waals surface area contributed by atoms with Crippen LogP contribution in [0, 0.1) is 0 Å². The van der Waals surface area contributed by atoms with Crippen molar-refractivity contribution in [2.45, 2.75) is 57.9 Å². The standard InChI is InChI=1S/C23H35N5O4/c1-2-32-23(31)27-14-12-25(13-15-27)17-22(30)26-10-7-18(8-11-26)19-16-21(29)28-9-5-3-4-6-20(28)24-19/h16,18H,2-15,17H2,1H3. The van der Waals surface area contributed by atoms with Gasteiger partial charge in [-0.25, -0.2) is 9.78 Å². The number of amides is 2. The fourth-order valence-electron chi connectivity index (χ4n) is 4.96. The van der Waals surface area contributed by atoms with Crippen LogP contribution in [0.1, 0.15) is 56.5 Å². The fraction of sp³-hybridized carbons (Fsp3) is 0.739. The van der Waals surface area contributed by atoms with E-state index in [-0.39, 0.29) is 23.5 Å². The number of piperidine rings is 1. The Balaban J connectivity index is 1.27. The number of nitrogens with zero attached hydrogens (tertiary/aromatic N) is 5. The highest BCUT2D eigenvalue weighted by Crippen LogP contribution is 2.27. The van der Waals surface area contributed by atoms with E-state index < -0.39 is 0 Å². The predicted octanol–water partition coefficient (Wildman–Crippen LogP) is 1.45. The predicted molar refractivity (Wildman–Crippen MR) is 120 cm³/mol. The maximum Gasteiger partial charge on any atom is 0.409 e. The Labute approximate surface area is 189 Å². The number of carbonyl (C=O) groups is 2. The molecule has 2 amide bonds. The summed E-state index contributed by atoms with van der Waals surface area (Å²) in [5.41, 5.74) is 0.984. The summed E-state index contributed by atoms with van der Waals surface area (Å²) in [5, 5.41) is 0. The molecule has 9 heteroatoms. The first-order valence-corrected chi connectivity index (χ1v) is 12.1. The molecule has 0 unspecified atom stereocenters. The molecule has 2 fully saturated rings. The molecule has 0 aliphatic carbocycles. The number of aryl methyl sites for hydroxylation is 1. The molecule has 1 aromatic rings. The Morgan fingerprint density at radius 2 is 1.75 bits per heavy atom. The van der Waals surface area contributed by atoms with Gasteiger partial charge >= 0.3 is 6.09 Å². The number of ether oxygens (including phenoxy) is 1. The minimum absolute atomic E-state index is 0.0763. The van der Waals surface area contributed by atoms with Crippen molar-refractivity contribution in [3.63, 3.8) is 0 Å². The van der Waals surface area contributed by atoms with E-state index in [4.69, 9.17) is 9.72 Å². The quantitative estimate of drug-likeness (QED) is 0.697. The molecule has 176 valence electrons. The van der Waals surface area contributed by atoms with Gasteiger partial charge in [-0.2, -0.15) is 0 Å². The van der Waals surface area contributed by atoms with Gasteiger partial charge in [0, 0.05) is 64.2 Å². The van der Waals surface area contributed by atoms with Gasteiger partial charge < -0.3 is 14.5 Å². The normalized spacial score (nSPS) is 20.5. The van der Waals surface area contributed by atoms with Crippen molar-refractivity contribution < 1.29 is 14.3 Å². The molecule has 0 aromatic carbocycles. The van der Waals surface area contributed by atoms with Gasteiger partial charge in [0.1, 0.15) is 5.82 Å². The van der Waals surface area contributed by atoms with Gasteiger partial charge in [0.05, 0.1) is 18.8 Å². The van der Waals surface area contributed by atoms with Gasteiger partial charge in [-0.15, -0.1) is 0 Å². The first kappa shape index (κ1) is 22.8. The molecule has 0 N–H and O–H groups in total. The molecule has 3 aliphatic heterocycles. The van der Waals surface area contributed by atoms with Crippen molar-refractivity contribution in [3.8, 4) is 0 Å². The lowest BCUT2D eigenvalue weighted by molar-refractivity contribution is -0.133. The molecule has 0 atom stereocenters. The third-order valence-corrected chi connectivity index (χ3v) is 6.91. The molecule has 1 aromatic heterocycles. The van der Waals surface area contributed by atoms with E-state index in [2.05, 4.69) is 4.90 Å². The average molecular weight is 446 g/mol. The SMILES string of the molecule is CCOC(=O)N1CCN(CC(=O)N2CCC(c3cc(=O)n4c(n3)CCCCC4)CC2)CC1. The van der Waals surface area contributed by atoms with Gasteiger partial charge in [-0.1, -0.05) is 6.42 Å². The lowest BCUT2D eigenvalue weighted by Gasteiger charge is -2.36. The first-order valence-electron chi connectivity index (χ1n) is 12.1. The van der Waals surface area contributed by atoms with E-state index in [1.807, 2.05) is 9.47 Å². The van der Waals surface area contributed by atoms with Gasteiger partial charge in [0.15, 0.2) is 0 Å². The van der Waals surface area contributed by atoms with Crippen LogP contribution >= 0.6 is 0 Å². The molecule has 3 aliphatic rings. The van der Waals surface area contributed by atoms with Crippen molar-refractivity contribution >= 4 is 12.0 Å². The van der Waals surface area contributed by atoms with Crippen LogP contribution in [0.2, 0.25) is 0 Å². The Hall–Kier alpha value is -2.42. The van der Waals surface area contributed by atoms with Crippen LogP contribution in [0.15, 0.2) is 10.9 Å². The second-order valence-electron chi connectivity index (χ2n) is 9.01. The highest BCUT2D eigenvalue weighted by molar-refractivity contribution is 5.78. The zero-order valence-electron chi connectivity index (χ0n) is 19.1. The van der Waals surface area contributed by atoms with Gasteiger partial charge in [0.25, 0.3) is 5.56 Å². The molecule has 9 nitrogen and oxygen atoms in total. The van der Waals surface area contributed by atoms with E-state index in [0.29, 0.717) is 52.4 Å². The lowest BCUT2D eigenvalue weighted by atomic mass is 9.93. The smallest absolute Gasteiger partial charge is 0.409 e. The van der Waals surface area contributed by atoms with Crippen LogP contribution in [0.5, 0.6) is 0 Å². The summed E-state index contributed by atoms with van der Waals surface area (Å²) < 4.78 is 6.89. The Morgan fingerprint density at radius 1 is 1.00 bits per heavy atom. The number of likely N-dealkylation sites (tertiary alicyclic amines) is 1. The molecule has 0 radical (unpaired) electrons. The molecule has 32 heavy (non-hydrogen) atoms. The van der Waals surface area contributed by atoms with E-state index in [1.165, 1.54) is 0 Å². The number of piperazine rings is 1. The van der Waals surface area contributed by atoms with Gasteiger partial charge in [-0.05, 0) is 32.6 Å². The molecule has 4 heterocycles. The Morgan fingerprint density at radius 3 is 2.47 bits per heavy atom. The minimum Gasteiger partial charge on any atom is -0.450 e. The van der Waals surface area contributed by atoms with Crippen molar-refractivity contribution in [1.82, 2.24) is 24.3 Å². The van der Waals surface area contributed by atoms with Crippen LogP contribution in [0.3, 0.4) is 0 Å². The van der Waals surface area contributed by atoms with Crippen LogP contribution in [-0.4, -0.2) is 88.7 Å². The lowest BCUT2D eigenvalue weighted by Crippen LogP contribution is -2.52. The molecule has 0 spiro atoms. The monoisotopic (exact) mass is 445 g/mol. The number of fused-ring (bicyclic) bond motifs is 1. The van der Waals surface area contributed by atoms with Crippen LogP contribution in [0.4, 0.5) is 4.79 Å². The largest absolute Gasteiger partial charge is 0.450 e. The maximum absolute atomic E-state index is 12.8. The average Bonchev–Trinajstić information content (AvgIpc) is 3.06. The summed E-state index contributed by atoms with van der Waals surface area (Å²) in [6, 6.07) is 1.72. The summed E-state index contributed by atoms with van der Waals surface area (Å²) in [5.74, 6) is 1.32. The van der Waals surface area contributed by atoms with Crippen molar-refractivity contribution in [2.24, 2.45) is 0 Å². The topological polar surface area (TPSA) is 88.0 Å². The second kappa shape index (κ2) is 10.5. The molecule has 0 bridgehead atoms. The first-order chi connectivity index (χ1) is 15.5. The molecule has 2 saturated heterocycles. The molecule has 0 saturated carbocycles. The highest BCUT2D eigenvalue weighted by atomic mass is 16.6. The summed E-state index contributed by atoms with van der Waals surface area (Å²) in [6.07, 6.45) is 5.59. The fourth-order valence-corrected chi connectivity index (χ4v) is 4.96. The third kappa shape index (κ3) is 5.31. The number of carbonyl (C=O) groups excluding carboxylic acids is 2. The van der Waals surface area contributed by atoms with Gasteiger partial charge in [0.2, 0.25) is 5.91 Å². The number of hydrogen-bond donors (Lipinski definition) is 0. The number of aromatic nitrogens is 2. The Kier molecular flexibility index (Phi) is 7.44. The minimum atomic E-state index is -0.272. The van der Waals surface area contributed by atoms with Crippen molar-refractivity contribution in [2.75, 3.05) is 52.4 Å². The number of rotatable bonds is 4. The van der Waals surface area contributed by atoms with E-state index >= 15 is 0 Å². The summed E-state index contributed by atoms with van der Waals surface area (Å²) in [6.45, 7) is 7.30. The van der Waals surface area contributed by atoms with Gasteiger partial charge in [-0.3, -0.25) is 19.1 Å². The molecular formula is C23H35N5O4. The van der Waals surface area contributed by atoms with Crippen LogP contribution < -0.4 is 5.56 Å². The van der Waals surface area contributed by atoms with Crippen LogP contribution in [0.25, 0.3) is 0 Å².